The summed E-state index contributed by atoms with van der Waals surface area (Å²) in [5.41, 5.74) is 4.33. The molecule has 0 aliphatic carbocycles. The zero-order valence-electron chi connectivity index (χ0n) is 16.8. The molecule has 0 aromatic heterocycles. The molecule has 0 unspecified atom stereocenters. The van der Waals surface area contributed by atoms with Gasteiger partial charge in [0.2, 0.25) is 0 Å². The molecule has 0 bridgehead atoms. The van der Waals surface area contributed by atoms with Crippen LogP contribution in [0, 0.1) is 6.92 Å². The highest BCUT2D eigenvalue weighted by Crippen LogP contribution is 2.20. The van der Waals surface area contributed by atoms with Crippen molar-refractivity contribution in [3.8, 4) is 5.75 Å². The molecular formula is C23H17Cl2N3O4. The van der Waals surface area contributed by atoms with Crippen LogP contribution >= 0.6 is 23.2 Å². The summed E-state index contributed by atoms with van der Waals surface area (Å²) in [6.07, 6.45) is 1.34. The number of carbonyl (C=O) groups is 3. The highest BCUT2D eigenvalue weighted by Gasteiger charge is 2.13. The monoisotopic (exact) mass is 469 g/mol. The van der Waals surface area contributed by atoms with Gasteiger partial charge in [-0.05, 0) is 72.6 Å². The standard InChI is InChI=1S/C23H17Cl2N3O4/c1-14-5-8-18(12-20(14)25)27-21(29)22(30)28-26-13-15-6-9-19(10-7-15)32-23(31)16-3-2-4-17(24)11-16/h2-13H,1H3,(H,27,29)(H,28,30). The SMILES string of the molecule is Cc1ccc(NC(=O)C(=O)NN=Cc2ccc(OC(=O)c3cccc(Cl)c3)cc2)cc1Cl. The molecule has 3 aromatic rings. The van der Waals surface area contributed by atoms with Crippen molar-refractivity contribution in [2.75, 3.05) is 5.32 Å². The summed E-state index contributed by atoms with van der Waals surface area (Å²) < 4.78 is 5.28. The quantitative estimate of drug-likeness (QED) is 0.187. The number of hydrazone groups is 1. The molecule has 0 atom stereocenters. The van der Waals surface area contributed by atoms with Crippen LogP contribution in [0.3, 0.4) is 0 Å². The number of hydrogen-bond donors (Lipinski definition) is 2. The minimum absolute atomic E-state index is 0.326. The van der Waals surface area contributed by atoms with Crippen LogP contribution < -0.4 is 15.5 Å². The summed E-state index contributed by atoms with van der Waals surface area (Å²) in [4.78, 5) is 36.0. The fraction of sp³-hybridized carbons (Fsp3) is 0.0435. The predicted octanol–water partition coefficient (Wildman–Crippen LogP) is 4.61. The van der Waals surface area contributed by atoms with E-state index in [1.54, 1.807) is 60.7 Å². The minimum atomic E-state index is -0.940. The highest BCUT2D eigenvalue weighted by molar-refractivity contribution is 6.40. The molecule has 3 aromatic carbocycles. The maximum atomic E-state index is 12.1. The third-order valence-electron chi connectivity index (χ3n) is 4.17. The number of aryl methyl sites for hydroxylation is 1. The van der Waals surface area contributed by atoms with Crippen LogP contribution in [0.25, 0.3) is 0 Å². The zero-order valence-corrected chi connectivity index (χ0v) is 18.3. The van der Waals surface area contributed by atoms with Gasteiger partial charge in [0, 0.05) is 15.7 Å². The van der Waals surface area contributed by atoms with Crippen molar-refractivity contribution in [3.63, 3.8) is 0 Å². The average Bonchev–Trinajstić information content (AvgIpc) is 2.77. The van der Waals surface area contributed by atoms with Gasteiger partial charge in [0.05, 0.1) is 11.8 Å². The summed E-state index contributed by atoms with van der Waals surface area (Å²) >= 11 is 11.9. The fourth-order valence-corrected chi connectivity index (χ4v) is 2.85. The molecule has 0 heterocycles. The van der Waals surface area contributed by atoms with Gasteiger partial charge in [0.15, 0.2) is 0 Å². The van der Waals surface area contributed by atoms with Gasteiger partial charge < -0.3 is 10.1 Å². The Morgan fingerprint density at radius 3 is 2.38 bits per heavy atom. The first-order valence-electron chi connectivity index (χ1n) is 9.30. The summed E-state index contributed by atoms with van der Waals surface area (Å²) in [5.74, 6) is -2.04. The largest absolute Gasteiger partial charge is 0.423 e. The molecule has 0 fully saturated rings. The number of nitrogens with one attached hydrogen (secondary N) is 2. The molecule has 2 amide bonds. The Kier molecular flexibility index (Phi) is 7.59. The van der Waals surface area contributed by atoms with Crippen molar-refractivity contribution in [1.82, 2.24) is 5.43 Å². The van der Waals surface area contributed by atoms with Crippen LogP contribution in [0.15, 0.2) is 71.8 Å². The van der Waals surface area contributed by atoms with Crippen molar-refractivity contribution in [2.45, 2.75) is 6.92 Å². The van der Waals surface area contributed by atoms with E-state index in [-0.39, 0.29) is 0 Å². The Hall–Kier alpha value is -3.68. The molecule has 9 heteroatoms. The van der Waals surface area contributed by atoms with Crippen LogP contribution in [0.4, 0.5) is 5.69 Å². The van der Waals surface area contributed by atoms with E-state index in [1.165, 1.54) is 12.3 Å². The molecule has 0 spiro atoms. The Bertz CT molecular complexity index is 1190. The summed E-state index contributed by atoms with van der Waals surface area (Å²) in [6.45, 7) is 1.82. The Morgan fingerprint density at radius 1 is 0.938 bits per heavy atom. The van der Waals surface area contributed by atoms with E-state index >= 15 is 0 Å². The normalized spacial score (nSPS) is 10.6. The number of nitrogens with zero attached hydrogens (tertiary/aromatic N) is 1. The number of rotatable bonds is 5. The van der Waals surface area contributed by atoms with E-state index in [9.17, 15) is 14.4 Å². The zero-order chi connectivity index (χ0) is 23.1. The van der Waals surface area contributed by atoms with Crippen molar-refractivity contribution >= 4 is 52.9 Å². The molecule has 2 N–H and O–H groups in total. The summed E-state index contributed by atoms with van der Waals surface area (Å²) in [6, 6.07) is 17.7. The lowest BCUT2D eigenvalue weighted by molar-refractivity contribution is -0.136. The Morgan fingerprint density at radius 2 is 1.69 bits per heavy atom. The molecule has 162 valence electrons. The Labute approximate surface area is 194 Å². The summed E-state index contributed by atoms with van der Waals surface area (Å²) in [7, 11) is 0. The van der Waals surface area contributed by atoms with Gasteiger partial charge in [0.1, 0.15) is 5.75 Å². The second kappa shape index (κ2) is 10.6. The van der Waals surface area contributed by atoms with Crippen molar-refractivity contribution in [1.29, 1.82) is 0 Å². The minimum Gasteiger partial charge on any atom is -0.423 e. The van der Waals surface area contributed by atoms with Crippen LogP contribution in [-0.2, 0) is 9.59 Å². The maximum absolute atomic E-state index is 12.1. The second-order valence-electron chi connectivity index (χ2n) is 6.59. The number of halogens is 2. The number of anilines is 1. The molecule has 0 radical (unpaired) electrons. The molecule has 3 rings (SSSR count). The first-order valence-corrected chi connectivity index (χ1v) is 10.1. The molecule has 0 saturated heterocycles. The molecule has 32 heavy (non-hydrogen) atoms. The molecule has 0 saturated carbocycles. The maximum Gasteiger partial charge on any atom is 0.343 e. The third-order valence-corrected chi connectivity index (χ3v) is 4.81. The first kappa shape index (κ1) is 23.0. The number of carbonyl (C=O) groups excluding carboxylic acids is 3. The van der Waals surface area contributed by atoms with E-state index in [0.717, 1.165) is 5.56 Å². The topological polar surface area (TPSA) is 96.9 Å². The lowest BCUT2D eigenvalue weighted by Crippen LogP contribution is -2.32. The molecule has 7 nitrogen and oxygen atoms in total. The van der Waals surface area contributed by atoms with Crippen molar-refractivity contribution in [3.05, 3.63) is 93.5 Å². The van der Waals surface area contributed by atoms with E-state index in [0.29, 0.717) is 32.6 Å². The van der Waals surface area contributed by atoms with E-state index in [4.69, 9.17) is 27.9 Å². The van der Waals surface area contributed by atoms with Crippen molar-refractivity contribution in [2.24, 2.45) is 5.10 Å². The smallest absolute Gasteiger partial charge is 0.343 e. The number of ether oxygens (including phenoxy) is 1. The fourth-order valence-electron chi connectivity index (χ4n) is 2.48. The highest BCUT2D eigenvalue weighted by atomic mass is 35.5. The van der Waals surface area contributed by atoms with Crippen molar-refractivity contribution < 1.29 is 19.1 Å². The van der Waals surface area contributed by atoms with Gasteiger partial charge in [-0.3, -0.25) is 9.59 Å². The van der Waals surface area contributed by atoms with Crippen LogP contribution in [0.1, 0.15) is 21.5 Å². The molecular weight excluding hydrogens is 453 g/mol. The van der Waals surface area contributed by atoms with Crippen LogP contribution in [-0.4, -0.2) is 24.0 Å². The van der Waals surface area contributed by atoms with E-state index < -0.39 is 17.8 Å². The average molecular weight is 470 g/mol. The molecule has 0 aliphatic rings. The number of benzene rings is 3. The van der Waals surface area contributed by atoms with Gasteiger partial charge in [-0.25, -0.2) is 10.2 Å². The molecule has 0 aliphatic heterocycles. The van der Waals surface area contributed by atoms with E-state index in [2.05, 4.69) is 15.8 Å². The van der Waals surface area contributed by atoms with Gasteiger partial charge in [-0.15, -0.1) is 0 Å². The van der Waals surface area contributed by atoms with E-state index in [1.807, 2.05) is 6.92 Å². The number of esters is 1. The third kappa shape index (κ3) is 6.41. The van der Waals surface area contributed by atoms with Gasteiger partial charge in [-0.2, -0.15) is 5.10 Å². The Balaban J connectivity index is 1.51. The predicted molar refractivity (Wildman–Crippen MR) is 123 cm³/mol. The van der Waals surface area contributed by atoms with Crippen LogP contribution in [0.5, 0.6) is 5.75 Å². The van der Waals surface area contributed by atoms with Gasteiger partial charge in [0.25, 0.3) is 0 Å². The van der Waals surface area contributed by atoms with Crippen LogP contribution in [0.2, 0.25) is 10.0 Å². The first-order chi connectivity index (χ1) is 15.3. The second-order valence-corrected chi connectivity index (χ2v) is 7.43. The number of hydrogen-bond acceptors (Lipinski definition) is 5. The number of amides is 2. The van der Waals surface area contributed by atoms with Gasteiger partial charge in [-0.1, -0.05) is 35.3 Å². The van der Waals surface area contributed by atoms with Gasteiger partial charge >= 0.3 is 17.8 Å². The lowest BCUT2D eigenvalue weighted by Gasteiger charge is -2.06. The lowest BCUT2D eigenvalue weighted by atomic mass is 10.2. The summed E-state index contributed by atoms with van der Waals surface area (Å²) in [5, 5.41) is 7.09.